The van der Waals surface area contributed by atoms with Crippen molar-refractivity contribution in [3.05, 3.63) is 54.0 Å². The van der Waals surface area contributed by atoms with Gasteiger partial charge in [0.15, 0.2) is 12.4 Å². The first-order valence-corrected chi connectivity index (χ1v) is 6.57. The summed E-state index contributed by atoms with van der Waals surface area (Å²) in [6, 6.07) is 9.95. The molecule has 0 aliphatic carbocycles. The minimum atomic E-state index is -0.248. The number of pyridine rings is 1. The molecule has 6 heteroatoms. The minimum absolute atomic E-state index is 0.0782. The largest absolute Gasteiger partial charge is 0.619 e. The highest BCUT2D eigenvalue weighted by Crippen LogP contribution is 2.21. The van der Waals surface area contributed by atoms with Gasteiger partial charge in [-0.3, -0.25) is 0 Å². The molecule has 0 aliphatic rings. The summed E-state index contributed by atoms with van der Waals surface area (Å²) in [5.41, 5.74) is 0.672. The normalized spacial score (nSPS) is 10.2. The SMILES string of the molecule is CC(C)NC(=O)Nc1ccc(Oc2cc[n+]([O-])cc2)cc1. The van der Waals surface area contributed by atoms with E-state index in [9.17, 15) is 10.0 Å². The van der Waals surface area contributed by atoms with Crippen LogP contribution in [0.3, 0.4) is 0 Å². The summed E-state index contributed by atoms with van der Waals surface area (Å²) < 4.78 is 6.27. The first kappa shape index (κ1) is 14.6. The van der Waals surface area contributed by atoms with Gasteiger partial charge in [-0.25, -0.2) is 4.79 Å². The summed E-state index contributed by atoms with van der Waals surface area (Å²) in [5.74, 6) is 1.19. The molecule has 1 heterocycles. The number of carbonyl (C=O) groups is 1. The zero-order valence-electron chi connectivity index (χ0n) is 11.9. The lowest BCUT2D eigenvalue weighted by molar-refractivity contribution is -0.605. The average Bonchev–Trinajstić information content (AvgIpc) is 2.42. The van der Waals surface area contributed by atoms with Crippen molar-refractivity contribution in [2.45, 2.75) is 19.9 Å². The Morgan fingerprint density at radius 3 is 2.24 bits per heavy atom. The number of aromatic nitrogens is 1. The second kappa shape index (κ2) is 6.60. The van der Waals surface area contributed by atoms with Crippen LogP contribution in [0, 0.1) is 5.21 Å². The standard InChI is InChI=1S/C15H17N3O3/c1-11(2)16-15(19)17-12-3-5-13(6-4-12)21-14-7-9-18(20)10-8-14/h3-11H,1-2H3,(H2,16,17,19). The van der Waals surface area contributed by atoms with E-state index in [0.29, 0.717) is 21.9 Å². The predicted molar refractivity (Wildman–Crippen MR) is 79.2 cm³/mol. The summed E-state index contributed by atoms with van der Waals surface area (Å²) in [5, 5.41) is 16.4. The monoisotopic (exact) mass is 287 g/mol. The number of nitrogens with one attached hydrogen (secondary N) is 2. The first-order chi connectivity index (χ1) is 10.0. The summed E-state index contributed by atoms with van der Waals surface area (Å²) in [6.45, 7) is 3.78. The van der Waals surface area contributed by atoms with Crippen LogP contribution >= 0.6 is 0 Å². The second-order valence-corrected chi connectivity index (χ2v) is 4.77. The van der Waals surface area contributed by atoms with Gasteiger partial charge < -0.3 is 20.6 Å². The highest BCUT2D eigenvalue weighted by Gasteiger charge is 2.04. The number of hydrogen-bond donors (Lipinski definition) is 2. The molecule has 2 N–H and O–H groups in total. The molecule has 2 amide bonds. The Bertz CT molecular complexity index is 595. The Kier molecular flexibility index (Phi) is 4.61. The quantitative estimate of drug-likeness (QED) is 0.670. The molecule has 0 bridgehead atoms. The molecule has 21 heavy (non-hydrogen) atoms. The molecule has 2 aromatic rings. The van der Waals surface area contributed by atoms with Gasteiger partial charge in [0.2, 0.25) is 0 Å². The predicted octanol–water partition coefficient (Wildman–Crippen LogP) is 2.64. The van der Waals surface area contributed by atoms with Gasteiger partial charge in [-0.15, -0.1) is 0 Å². The van der Waals surface area contributed by atoms with Crippen LogP contribution < -0.4 is 20.1 Å². The van der Waals surface area contributed by atoms with Crippen molar-refractivity contribution in [3.8, 4) is 11.5 Å². The maximum absolute atomic E-state index is 11.5. The first-order valence-electron chi connectivity index (χ1n) is 6.57. The van der Waals surface area contributed by atoms with Crippen molar-refractivity contribution >= 4 is 11.7 Å². The van der Waals surface area contributed by atoms with Crippen LogP contribution in [-0.2, 0) is 0 Å². The number of anilines is 1. The van der Waals surface area contributed by atoms with E-state index in [1.807, 2.05) is 13.8 Å². The lowest BCUT2D eigenvalue weighted by atomic mass is 10.3. The van der Waals surface area contributed by atoms with Crippen LogP contribution in [0.25, 0.3) is 0 Å². The highest BCUT2D eigenvalue weighted by molar-refractivity contribution is 5.89. The number of benzene rings is 1. The third kappa shape index (κ3) is 4.68. The summed E-state index contributed by atoms with van der Waals surface area (Å²) in [6.07, 6.45) is 2.73. The van der Waals surface area contributed by atoms with Crippen molar-refractivity contribution in [1.82, 2.24) is 5.32 Å². The number of carbonyl (C=O) groups excluding carboxylic acids is 1. The molecule has 110 valence electrons. The van der Waals surface area contributed by atoms with Crippen molar-refractivity contribution in [2.24, 2.45) is 0 Å². The number of urea groups is 1. The molecule has 0 aliphatic heterocycles. The third-order valence-corrected chi connectivity index (χ3v) is 2.54. The lowest BCUT2D eigenvalue weighted by Gasteiger charge is -2.10. The molecule has 0 unspecified atom stereocenters. The Labute approximate surface area is 123 Å². The van der Waals surface area contributed by atoms with Crippen molar-refractivity contribution in [3.63, 3.8) is 0 Å². The van der Waals surface area contributed by atoms with E-state index in [1.54, 1.807) is 36.4 Å². The van der Waals surface area contributed by atoms with Gasteiger partial charge in [0.1, 0.15) is 11.5 Å². The molecule has 6 nitrogen and oxygen atoms in total. The van der Waals surface area contributed by atoms with Gasteiger partial charge >= 0.3 is 6.03 Å². The fraction of sp³-hybridized carbons (Fsp3) is 0.200. The molecule has 0 saturated carbocycles. The molecule has 0 atom stereocenters. The molecule has 0 saturated heterocycles. The second-order valence-electron chi connectivity index (χ2n) is 4.77. The van der Waals surface area contributed by atoms with E-state index in [-0.39, 0.29) is 12.1 Å². The maximum atomic E-state index is 11.5. The molecule has 0 fully saturated rings. The smallest absolute Gasteiger partial charge is 0.319 e. The topological polar surface area (TPSA) is 77.3 Å². The molecule has 0 spiro atoms. The molecule has 2 rings (SSSR count). The molecular formula is C15H17N3O3. The fourth-order valence-corrected chi connectivity index (χ4v) is 1.64. The Balaban J connectivity index is 1.95. The molecule has 1 aromatic carbocycles. The maximum Gasteiger partial charge on any atom is 0.319 e. The van der Waals surface area contributed by atoms with Gasteiger partial charge in [0.05, 0.1) is 0 Å². The molecule has 1 aromatic heterocycles. The number of rotatable bonds is 4. The summed E-state index contributed by atoms with van der Waals surface area (Å²) in [7, 11) is 0. The van der Waals surface area contributed by atoms with Crippen LogP contribution in [0.15, 0.2) is 48.8 Å². The van der Waals surface area contributed by atoms with Crippen molar-refractivity contribution in [1.29, 1.82) is 0 Å². The van der Waals surface area contributed by atoms with E-state index < -0.39 is 0 Å². The van der Waals surface area contributed by atoms with Gasteiger partial charge in [-0.05, 0) is 38.1 Å². The van der Waals surface area contributed by atoms with Crippen LogP contribution in [0.2, 0.25) is 0 Å². The van der Waals surface area contributed by atoms with Crippen LogP contribution in [0.1, 0.15) is 13.8 Å². The number of ether oxygens (including phenoxy) is 1. The van der Waals surface area contributed by atoms with Crippen molar-refractivity contribution in [2.75, 3.05) is 5.32 Å². The van der Waals surface area contributed by atoms with Crippen LogP contribution in [-0.4, -0.2) is 12.1 Å². The summed E-state index contributed by atoms with van der Waals surface area (Å²) >= 11 is 0. The molecular weight excluding hydrogens is 270 g/mol. The lowest BCUT2D eigenvalue weighted by Crippen LogP contribution is -2.34. The Morgan fingerprint density at radius 1 is 1.10 bits per heavy atom. The fourth-order valence-electron chi connectivity index (χ4n) is 1.64. The van der Waals surface area contributed by atoms with E-state index in [4.69, 9.17) is 4.74 Å². The zero-order valence-corrected chi connectivity index (χ0v) is 11.9. The highest BCUT2D eigenvalue weighted by atomic mass is 16.5. The van der Waals surface area contributed by atoms with E-state index in [1.165, 1.54) is 12.4 Å². The Hall–Kier alpha value is -2.76. The van der Waals surface area contributed by atoms with Crippen molar-refractivity contribution < 1.29 is 14.3 Å². The van der Waals surface area contributed by atoms with Gasteiger partial charge in [-0.1, -0.05) is 0 Å². The summed E-state index contributed by atoms with van der Waals surface area (Å²) in [4.78, 5) is 11.5. The van der Waals surface area contributed by atoms with Gasteiger partial charge in [0, 0.05) is 23.9 Å². The number of nitrogens with zero attached hydrogens (tertiary/aromatic N) is 1. The number of hydrogen-bond acceptors (Lipinski definition) is 3. The van der Waals surface area contributed by atoms with Crippen LogP contribution in [0.5, 0.6) is 11.5 Å². The van der Waals surface area contributed by atoms with Crippen LogP contribution in [0.4, 0.5) is 10.5 Å². The third-order valence-electron chi connectivity index (χ3n) is 2.54. The van der Waals surface area contributed by atoms with E-state index >= 15 is 0 Å². The number of amides is 2. The molecule has 0 radical (unpaired) electrons. The van der Waals surface area contributed by atoms with Gasteiger partial charge in [0.25, 0.3) is 0 Å². The zero-order chi connectivity index (χ0) is 15.2. The van der Waals surface area contributed by atoms with Gasteiger partial charge in [-0.2, -0.15) is 4.73 Å². The minimum Gasteiger partial charge on any atom is -0.619 e. The van der Waals surface area contributed by atoms with E-state index in [2.05, 4.69) is 10.6 Å². The van der Waals surface area contributed by atoms with E-state index in [0.717, 1.165) is 0 Å². The Morgan fingerprint density at radius 2 is 1.67 bits per heavy atom. The average molecular weight is 287 g/mol.